The van der Waals surface area contributed by atoms with Crippen molar-refractivity contribution < 1.29 is 4.74 Å². The highest BCUT2D eigenvalue weighted by Gasteiger charge is 2.44. The molecule has 0 spiro atoms. The molecule has 0 aliphatic carbocycles. The molecular weight excluding hydrogens is 425 g/mol. The van der Waals surface area contributed by atoms with Crippen LogP contribution in [0.3, 0.4) is 0 Å². The molecule has 2 aliphatic heterocycles. The summed E-state index contributed by atoms with van der Waals surface area (Å²) in [7, 11) is 0. The van der Waals surface area contributed by atoms with Crippen LogP contribution < -0.4 is 26.0 Å². The second kappa shape index (κ2) is 7.52. The Bertz CT molecular complexity index is 1490. The number of nitrogens with zero attached hydrogens (tertiary/aromatic N) is 1. The van der Waals surface area contributed by atoms with Crippen LogP contribution in [0.15, 0.2) is 66.7 Å². The number of ether oxygens (including phenoxy) is 1. The minimum Gasteiger partial charge on any atom is -0.458 e. The molecule has 0 N–H and O–H groups in total. The highest BCUT2D eigenvalue weighted by molar-refractivity contribution is 6.99. The van der Waals surface area contributed by atoms with E-state index in [2.05, 4.69) is 120 Å². The molecule has 0 amide bonds. The van der Waals surface area contributed by atoms with Gasteiger partial charge in [0.2, 0.25) is 0 Å². The lowest BCUT2D eigenvalue weighted by atomic mass is 9.33. The summed E-state index contributed by atoms with van der Waals surface area (Å²) in [5, 5.41) is 0. The second-order valence-electron chi connectivity index (χ2n) is 11.4. The van der Waals surface area contributed by atoms with Gasteiger partial charge in [0.15, 0.2) is 0 Å². The molecular formula is C32H32BNO. The van der Waals surface area contributed by atoms with Crippen LogP contribution in [0.4, 0.5) is 17.1 Å². The van der Waals surface area contributed by atoms with Gasteiger partial charge in [-0.3, -0.25) is 0 Å². The van der Waals surface area contributed by atoms with Gasteiger partial charge in [-0.25, -0.2) is 0 Å². The molecule has 0 aromatic heterocycles. The van der Waals surface area contributed by atoms with E-state index in [9.17, 15) is 0 Å². The third kappa shape index (κ3) is 3.32. The Morgan fingerprint density at radius 3 is 2.11 bits per heavy atom. The summed E-state index contributed by atoms with van der Waals surface area (Å²) in [5.41, 5.74) is 14.0. The lowest BCUT2D eigenvalue weighted by molar-refractivity contribution is 0.459. The van der Waals surface area contributed by atoms with E-state index in [1.54, 1.807) is 0 Å². The first-order valence-electron chi connectivity index (χ1n) is 12.6. The van der Waals surface area contributed by atoms with Crippen molar-refractivity contribution in [3.8, 4) is 11.5 Å². The molecule has 0 bridgehead atoms. The van der Waals surface area contributed by atoms with E-state index in [0.717, 1.165) is 11.5 Å². The number of hydrogen-bond acceptors (Lipinski definition) is 2. The topological polar surface area (TPSA) is 12.5 Å². The smallest absolute Gasteiger partial charge is 0.256 e. The van der Waals surface area contributed by atoms with Crippen molar-refractivity contribution in [2.75, 3.05) is 4.90 Å². The number of anilines is 3. The first-order valence-corrected chi connectivity index (χ1v) is 12.6. The van der Waals surface area contributed by atoms with Gasteiger partial charge in [-0.2, -0.15) is 0 Å². The van der Waals surface area contributed by atoms with Gasteiger partial charge in [0.25, 0.3) is 6.71 Å². The van der Waals surface area contributed by atoms with E-state index < -0.39 is 0 Å². The Morgan fingerprint density at radius 2 is 1.40 bits per heavy atom. The van der Waals surface area contributed by atoms with E-state index in [1.165, 1.54) is 61.3 Å². The summed E-state index contributed by atoms with van der Waals surface area (Å²) in [4.78, 5) is 2.47. The maximum atomic E-state index is 6.77. The number of para-hydroxylation sites is 1. The quantitative estimate of drug-likeness (QED) is 0.257. The number of benzene rings is 4. The molecule has 2 heterocycles. The zero-order valence-electron chi connectivity index (χ0n) is 21.8. The molecule has 0 unspecified atom stereocenters. The highest BCUT2D eigenvalue weighted by Crippen LogP contribution is 2.44. The summed E-state index contributed by atoms with van der Waals surface area (Å²) in [6.07, 6.45) is 0. The molecule has 2 nitrogen and oxygen atoms in total. The van der Waals surface area contributed by atoms with Gasteiger partial charge >= 0.3 is 0 Å². The van der Waals surface area contributed by atoms with Crippen LogP contribution in [0.1, 0.15) is 48.6 Å². The summed E-state index contributed by atoms with van der Waals surface area (Å²) < 4.78 is 6.77. The zero-order valence-corrected chi connectivity index (χ0v) is 21.8. The lowest BCUT2D eigenvalue weighted by Gasteiger charge is -2.42. The van der Waals surface area contributed by atoms with Crippen LogP contribution in [0.25, 0.3) is 0 Å². The molecule has 4 aromatic carbocycles. The first-order chi connectivity index (χ1) is 16.6. The minimum absolute atomic E-state index is 0.0332. The molecule has 4 aromatic rings. The van der Waals surface area contributed by atoms with Crippen LogP contribution >= 0.6 is 0 Å². The van der Waals surface area contributed by atoms with Crippen molar-refractivity contribution in [2.24, 2.45) is 0 Å². The highest BCUT2D eigenvalue weighted by atomic mass is 16.5. The van der Waals surface area contributed by atoms with Crippen LogP contribution in [0.5, 0.6) is 11.5 Å². The van der Waals surface area contributed by atoms with E-state index >= 15 is 0 Å². The standard InChI is InChI=1S/C32H32BNO/c1-19-14-20(2)17-23(16-19)34-26-13-12-24(32(5,6)7)31-30(26)33(25-10-8-9-11-28(25)35-31)29-22(4)15-21(3)18-27(29)34/h8-18H,1-7H3. The number of fused-ring (bicyclic) bond motifs is 4. The molecule has 0 atom stereocenters. The molecule has 6 rings (SSSR count). The van der Waals surface area contributed by atoms with Crippen LogP contribution in [-0.2, 0) is 5.41 Å². The maximum Gasteiger partial charge on any atom is 0.256 e. The third-order valence-corrected chi connectivity index (χ3v) is 7.46. The fraction of sp³-hybridized carbons (Fsp3) is 0.250. The third-order valence-electron chi connectivity index (χ3n) is 7.46. The van der Waals surface area contributed by atoms with Gasteiger partial charge < -0.3 is 9.64 Å². The van der Waals surface area contributed by atoms with Gasteiger partial charge in [0, 0.05) is 17.1 Å². The van der Waals surface area contributed by atoms with Crippen molar-refractivity contribution in [3.63, 3.8) is 0 Å². The SMILES string of the molecule is Cc1cc(C)cc(N2c3cc(C)cc(C)c3B3c4ccccc4Oc4c(C(C)(C)C)ccc2c43)c1. The largest absolute Gasteiger partial charge is 0.458 e. The van der Waals surface area contributed by atoms with Gasteiger partial charge in [-0.1, -0.05) is 62.7 Å². The zero-order chi connectivity index (χ0) is 24.6. The van der Waals surface area contributed by atoms with Gasteiger partial charge in [0.05, 0.1) is 0 Å². The number of hydrogen-bond donors (Lipinski definition) is 0. The van der Waals surface area contributed by atoms with Crippen molar-refractivity contribution in [1.82, 2.24) is 0 Å². The molecule has 0 radical (unpaired) electrons. The summed E-state index contributed by atoms with van der Waals surface area (Å²) in [6.45, 7) is 15.8. The van der Waals surface area contributed by atoms with Gasteiger partial charge in [-0.15, -0.1) is 0 Å². The molecule has 35 heavy (non-hydrogen) atoms. The van der Waals surface area contributed by atoms with Crippen molar-refractivity contribution in [3.05, 3.63) is 94.5 Å². The van der Waals surface area contributed by atoms with E-state index in [0.29, 0.717) is 0 Å². The Morgan fingerprint density at radius 1 is 0.714 bits per heavy atom. The van der Waals surface area contributed by atoms with E-state index in [-0.39, 0.29) is 12.1 Å². The van der Waals surface area contributed by atoms with Crippen molar-refractivity contribution >= 4 is 40.2 Å². The maximum absolute atomic E-state index is 6.77. The number of rotatable bonds is 1. The first kappa shape index (κ1) is 22.0. The Balaban J connectivity index is 1.76. The van der Waals surface area contributed by atoms with Crippen molar-refractivity contribution in [2.45, 2.75) is 53.9 Å². The normalized spacial score (nSPS) is 13.7. The monoisotopic (exact) mass is 457 g/mol. The van der Waals surface area contributed by atoms with Crippen molar-refractivity contribution in [1.29, 1.82) is 0 Å². The molecule has 0 saturated carbocycles. The molecule has 3 heteroatoms. The number of aryl methyl sites for hydroxylation is 4. The Kier molecular flexibility index (Phi) is 4.73. The van der Waals surface area contributed by atoms with Gasteiger partial charge in [0.1, 0.15) is 11.5 Å². The second-order valence-corrected chi connectivity index (χ2v) is 11.4. The van der Waals surface area contributed by atoms with Crippen LogP contribution in [-0.4, -0.2) is 6.71 Å². The Hall–Kier alpha value is -3.46. The molecule has 174 valence electrons. The molecule has 0 fully saturated rings. The van der Waals surface area contributed by atoms with E-state index in [4.69, 9.17) is 4.74 Å². The van der Waals surface area contributed by atoms with Crippen LogP contribution in [0, 0.1) is 27.7 Å². The van der Waals surface area contributed by atoms with Gasteiger partial charge in [-0.05, 0) is 102 Å². The summed E-state index contributed by atoms with van der Waals surface area (Å²) in [6, 6.07) is 24.7. The summed E-state index contributed by atoms with van der Waals surface area (Å²) in [5.74, 6) is 2.00. The fourth-order valence-corrected chi connectivity index (χ4v) is 6.15. The predicted octanol–water partition coefficient (Wildman–Crippen LogP) is 6.62. The Labute approximate surface area is 209 Å². The average Bonchev–Trinajstić information content (AvgIpc) is 2.77. The molecule has 0 saturated heterocycles. The lowest BCUT2D eigenvalue weighted by Crippen LogP contribution is -2.60. The average molecular weight is 457 g/mol. The summed E-state index contributed by atoms with van der Waals surface area (Å²) >= 11 is 0. The molecule has 2 aliphatic rings. The fourth-order valence-electron chi connectivity index (χ4n) is 6.15. The predicted molar refractivity (Wildman–Crippen MR) is 150 cm³/mol. The van der Waals surface area contributed by atoms with E-state index in [1.807, 2.05) is 0 Å². The van der Waals surface area contributed by atoms with Crippen LogP contribution in [0.2, 0.25) is 0 Å². The minimum atomic E-state index is -0.0332.